The molecule has 0 heteroatoms. The zero-order valence-corrected chi connectivity index (χ0v) is 9.90. The molecule has 0 nitrogen and oxygen atoms in total. The summed E-state index contributed by atoms with van der Waals surface area (Å²) in [6.45, 7) is 9.12. The van der Waals surface area contributed by atoms with Gasteiger partial charge in [0.25, 0.3) is 0 Å². The second-order valence-electron chi connectivity index (χ2n) is 3.82. The minimum absolute atomic E-state index is 0.875. The molecule has 78 valence electrons. The molecule has 0 aliphatic rings. The number of hydrogen-bond donors (Lipinski definition) is 0. The van der Waals surface area contributed by atoms with Gasteiger partial charge in [-0.1, -0.05) is 52.2 Å². The van der Waals surface area contributed by atoms with Gasteiger partial charge < -0.3 is 0 Å². The van der Waals surface area contributed by atoms with Crippen LogP contribution in [0.5, 0.6) is 0 Å². The lowest BCUT2D eigenvalue weighted by Crippen LogP contribution is -2.03. The Morgan fingerprint density at radius 3 is 1.85 bits per heavy atom. The molecule has 0 radical (unpaired) electrons. The van der Waals surface area contributed by atoms with E-state index >= 15 is 0 Å². The van der Waals surface area contributed by atoms with E-state index in [1.54, 1.807) is 5.57 Å². The van der Waals surface area contributed by atoms with Crippen LogP contribution >= 0.6 is 0 Å². The first-order chi connectivity index (χ1) is 6.29. The normalized spacial score (nSPS) is 12.5. The summed E-state index contributed by atoms with van der Waals surface area (Å²) in [6, 6.07) is 0. The summed E-state index contributed by atoms with van der Waals surface area (Å²) in [5.41, 5.74) is 1.70. The molecule has 0 heterocycles. The van der Waals surface area contributed by atoms with E-state index in [1.807, 2.05) is 0 Å². The number of hydrogen-bond acceptors (Lipinski definition) is 0. The molecule has 0 saturated heterocycles. The third-order valence-corrected chi connectivity index (χ3v) is 2.67. The third kappa shape index (κ3) is 5.13. The van der Waals surface area contributed by atoms with Crippen LogP contribution in [-0.4, -0.2) is 0 Å². The van der Waals surface area contributed by atoms with Gasteiger partial charge in [0, 0.05) is 0 Å². The van der Waals surface area contributed by atoms with Crippen molar-refractivity contribution in [1.29, 1.82) is 0 Å². The van der Waals surface area contributed by atoms with Gasteiger partial charge in [-0.3, -0.25) is 0 Å². The second-order valence-corrected chi connectivity index (χ2v) is 3.82. The SMILES string of the molecule is CCC=C(CC)C(CCC)CCC. The fourth-order valence-corrected chi connectivity index (χ4v) is 2.07. The molecule has 0 aromatic heterocycles. The van der Waals surface area contributed by atoms with Crippen LogP contribution in [0, 0.1) is 5.92 Å². The van der Waals surface area contributed by atoms with Gasteiger partial charge in [-0.2, -0.15) is 0 Å². The monoisotopic (exact) mass is 182 g/mol. The highest BCUT2D eigenvalue weighted by Crippen LogP contribution is 2.25. The molecular formula is C13H26. The molecule has 0 aliphatic carbocycles. The molecule has 0 fully saturated rings. The quantitative estimate of drug-likeness (QED) is 0.489. The lowest BCUT2D eigenvalue weighted by atomic mass is 9.88. The first-order valence-corrected chi connectivity index (χ1v) is 5.98. The molecule has 0 N–H and O–H groups in total. The molecule has 0 aromatic carbocycles. The van der Waals surface area contributed by atoms with Crippen LogP contribution in [0.3, 0.4) is 0 Å². The molecule has 0 rings (SSSR count). The Kier molecular flexibility index (Phi) is 8.18. The molecule has 13 heavy (non-hydrogen) atoms. The van der Waals surface area contributed by atoms with E-state index in [2.05, 4.69) is 33.8 Å². The Hall–Kier alpha value is -0.260. The van der Waals surface area contributed by atoms with E-state index in [4.69, 9.17) is 0 Å². The van der Waals surface area contributed by atoms with Gasteiger partial charge in [-0.15, -0.1) is 0 Å². The molecule has 0 aromatic rings. The van der Waals surface area contributed by atoms with Crippen LogP contribution in [0.25, 0.3) is 0 Å². The van der Waals surface area contributed by atoms with E-state index in [-0.39, 0.29) is 0 Å². The Morgan fingerprint density at radius 1 is 1.00 bits per heavy atom. The van der Waals surface area contributed by atoms with Crippen molar-refractivity contribution in [1.82, 2.24) is 0 Å². The van der Waals surface area contributed by atoms with Gasteiger partial charge in [0.15, 0.2) is 0 Å². The molecule has 0 bridgehead atoms. The number of rotatable bonds is 7. The Labute approximate surface area is 84.4 Å². The van der Waals surface area contributed by atoms with E-state index in [0.29, 0.717) is 0 Å². The first-order valence-electron chi connectivity index (χ1n) is 5.98. The van der Waals surface area contributed by atoms with Crippen LogP contribution in [0.2, 0.25) is 0 Å². The van der Waals surface area contributed by atoms with Gasteiger partial charge in [-0.25, -0.2) is 0 Å². The molecule has 0 spiro atoms. The Balaban J connectivity index is 4.20. The van der Waals surface area contributed by atoms with Crippen molar-refractivity contribution in [3.63, 3.8) is 0 Å². The van der Waals surface area contributed by atoms with E-state index in [9.17, 15) is 0 Å². The average Bonchev–Trinajstić information content (AvgIpc) is 2.14. The van der Waals surface area contributed by atoms with E-state index < -0.39 is 0 Å². The minimum atomic E-state index is 0.875. The summed E-state index contributed by atoms with van der Waals surface area (Å²) >= 11 is 0. The van der Waals surface area contributed by atoms with Gasteiger partial charge in [0.1, 0.15) is 0 Å². The standard InChI is InChI=1S/C13H26/c1-5-9-12(8-4)13(10-6-2)11-7-3/h9,13H,5-8,10-11H2,1-4H3. The van der Waals surface area contributed by atoms with Gasteiger partial charge in [0.2, 0.25) is 0 Å². The van der Waals surface area contributed by atoms with Crippen LogP contribution in [0.15, 0.2) is 11.6 Å². The zero-order chi connectivity index (χ0) is 10.1. The van der Waals surface area contributed by atoms with Crippen molar-refractivity contribution in [2.24, 2.45) is 5.92 Å². The summed E-state index contributed by atoms with van der Waals surface area (Å²) in [6.07, 6.45) is 10.3. The fourth-order valence-electron chi connectivity index (χ4n) is 2.07. The maximum Gasteiger partial charge on any atom is -0.0204 e. The lowest BCUT2D eigenvalue weighted by molar-refractivity contribution is 0.491. The summed E-state index contributed by atoms with van der Waals surface area (Å²) in [7, 11) is 0. The van der Waals surface area contributed by atoms with Gasteiger partial charge in [0.05, 0.1) is 0 Å². The van der Waals surface area contributed by atoms with Crippen molar-refractivity contribution in [2.75, 3.05) is 0 Å². The first kappa shape index (κ1) is 12.7. The molecule has 0 atom stereocenters. The fraction of sp³-hybridized carbons (Fsp3) is 0.846. The molecule has 0 saturated carbocycles. The van der Waals surface area contributed by atoms with Crippen molar-refractivity contribution in [3.8, 4) is 0 Å². The second kappa shape index (κ2) is 8.34. The Morgan fingerprint density at radius 2 is 1.54 bits per heavy atom. The largest absolute Gasteiger partial charge is 0.0853 e. The van der Waals surface area contributed by atoms with Crippen LogP contribution in [0.4, 0.5) is 0 Å². The van der Waals surface area contributed by atoms with Gasteiger partial charge in [-0.05, 0) is 31.6 Å². The van der Waals surface area contributed by atoms with Crippen LogP contribution < -0.4 is 0 Å². The zero-order valence-electron chi connectivity index (χ0n) is 9.90. The highest BCUT2D eigenvalue weighted by Gasteiger charge is 2.09. The third-order valence-electron chi connectivity index (χ3n) is 2.67. The molecule has 0 amide bonds. The summed E-state index contributed by atoms with van der Waals surface area (Å²) in [5.74, 6) is 0.875. The van der Waals surface area contributed by atoms with Crippen molar-refractivity contribution < 1.29 is 0 Å². The maximum atomic E-state index is 2.44. The predicted molar refractivity (Wildman–Crippen MR) is 62.0 cm³/mol. The minimum Gasteiger partial charge on any atom is -0.0853 e. The predicted octanol–water partition coefficient (Wildman–Crippen LogP) is 4.95. The van der Waals surface area contributed by atoms with Gasteiger partial charge >= 0.3 is 0 Å². The van der Waals surface area contributed by atoms with Crippen molar-refractivity contribution >= 4 is 0 Å². The van der Waals surface area contributed by atoms with Crippen LogP contribution in [-0.2, 0) is 0 Å². The topological polar surface area (TPSA) is 0 Å². The lowest BCUT2D eigenvalue weighted by Gasteiger charge is -2.18. The van der Waals surface area contributed by atoms with Crippen molar-refractivity contribution in [2.45, 2.75) is 66.2 Å². The van der Waals surface area contributed by atoms with Crippen molar-refractivity contribution in [3.05, 3.63) is 11.6 Å². The molecule has 0 aliphatic heterocycles. The van der Waals surface area contributed by atoms with Crippen LogP contribution in [0.1, 0.15) is 66.2 Å². The maximum absolute atomic E-state index is 2.44. The number of allylic oxidation sites excluding steroid dienone is 2. The highest BCUT2D eigenvalue weighted by atomic mass is 14.2. The summed E-state index contributed by atoms with van der Waals surface area (Å²) in [4.78, 5) is 0. The highest BCUT2D eigenvalue weighted by molar-refractivity contribution is 5.05. The Bertz CT molecular complexity index is 127. The van der Waals surface area contributed by atoms with E-state index in [1.165, 1.54) is 38.5 Å². The average molecular weight is 182 g/mol. The summed E-state index contributed by atoms with van der Waals surface area (Å²) in [5, 5.41) is 0. The smallest absolute Gasteiger partial charge is 0.0204 e. The van der Waals surface area contributed by atoms with E-state index in [0.717, 1.165) is 5.92 Å². The molecular weight excluding hydrogens is 156 g/mol. The summed E-state index contributed by atoms with van der Waals surface area (Å²) < 4.78 is 0. The molecule has 0 unspecified atom stereocenters.